The Hall–Kier alpha value is -1.11. The van der Waals surface area contributed by atoms with E-state index in [9.17, 15) is 18.0 Å². The van der Waals surface area contributed by atoms with Crippen molar-refractivity contribution >= 4 is 17.8 Å². The number of carbonyl (C=O) groups is 1. The van der Waals surface area contributed by atoms with Crippen molar-refractivity contribution < 1.29 is 22.7 Å². The fourth-order valence-corrected chi connectivity index (χ4v) is 1.56. The Morgan fingerprint density at radius 2 is 2.29 bits per heavy atom. The summed E-state index contributed by atoms with van der Waals surface area (Å²) < 4.78 is 40.7. The molecular formula is C7H6F3NO2S. The molecule has 0 aliphatic carbocycles. The maximum absolute atomic E-state index is 12.1. The highest BCUT2D eigenvalue weighted by molar-refractivity contribution is 7.09. The van der Waals surface area contributed by atoms with Crippen molar-refractivity contribution in [3.8, 4) is 0 Å². The number of halogens is 3. The molecule has 0 aromatic carbocycles. The first kappa shape index (κ1) is 11.0. The van der Waals surface area contributed by atoms with E-state index in [1.807, 2.05) is 0 Å². The highest BCUT2D eigenvalue weighted by Crippen LogP contribution is 2.32. The zero-order valence-corrected chi connectivity index (χ0v) is 7.85. The highest BCUT2D eigenvalue weighted by atomic mass is 32.1. The molecule has 1 aromatic rings. The van der Waals surface area contributed by atoms with E-state index in [-0.39, 0.29) is 11.5 Å². The Morgan fingerprint density at radius 3 is 2.71 bits per heavy atom. The van der Waals surface area contributed by atoms with E-state index in [0.29, 0.717) is 0 Å². The van der Waals surface area contributed by atoms with Crippen LogP contribution in [0.4, 0.5) is 13.2 Å². The van der Waals surface area contributed by atoms with Crippen LogP contribution in [0.2, 0.25) is 0 Å². The van der Waals surface area contributed by atoms with Crippen LogP contribution in [0.1, 0.15) is 23.7 Å². The van der Waals surface area contributed by atoms with Gasteiger partial charge >= 0.3 is 6.18 Å². The van der Waals surface area contributed by atoms with E-state index in [1.54, 1.807) is 0 Å². The van der Waals surface area contributed by atoms with Gasteiger partial charge in [-0.3, -0.25) is 4.79 Å². The van der Waals surface area contributed by atoms with E-state index in [1.165, 1.54) is 6.92 Å². The summed E-state index contributed by atoms with van der Waals surface area (Å²) in [5, 5.41) is 1.02. The highest BCUT2D eigenvalue weighted by Gasteiger charge is 2.34. The summed E-state index contributed by atoms with van der Waals surface area (Å²) in [7, 11) is 0. The van der Waals surface area contributed by atoms with Gasteiger partial charge in [0.1, 0.15) is 11.1 Å². The molecule has 1 heterocycles. The topological polar surface area (TPSA) is 39.2 Å². The minimum absolute atomic E-state index is 0.129. The lowest BCUT2D eigenvalue weighted by molar-refractivity contribution is -0.141. The quantitative estimate of drug-likeness (QED) is 0.741. The number of nitrogens with zero attached hydrogens (tertiary/aromatic N) is 1. The summed E-state index contributed by atoms with van der Waals surface area (Å²) >= 11 is 0.809. The molecule has 14 heavy (non-hydrogen) atoms. The predicted octanol–water partition coefficient (Wildman–Crippen LogP) is 2.40. The Kier molecular flexibility index (Phi) is 3.10. The standard InChI is InChI=1S/C7H6F3NO2S/c1-4(13-3-12)6-11-5(2-14-6)7(8,9)10/h2-4H,1H3. The van der Waals surface area contributed by atoms with Gasteiger partial charge in [0.05, 0.1) is 0 Å². The Bertz CT molecular complexity index is 323. The average molecular weight is 225 g/mol. The number of hydrogen-bond donors (Lipinski definition) is 0. The van der Waals surface area contributed by atoms with Gasteiger partial charge in [0.15, 0.2) is 5.69 Å². The first-order chi connectivity index (χ1) is 6.45. The molecule has 0 aliphatic rings. The second-order valence-electron chi connectivity index (χ2n) is 2.44. The summed E-state index contributed by atoms with van der Waals surface area (Å²) in [6, 6.07) is 0. The average Bonchev–Trinajstić information content (AvgIpc) is 2.51. The van der Waals surface area contributed by atoms with Crippen LogP contribution in [-0.2, 0) is 15.7 Å². The lowest BCUT2D eigenvalue weighted by Crippen LogP contribution is -2.06. The summed E-state index contributed by atoms with van der Waals surface area (Å²) in [6.07, 6.45) is -5.19. The van der Waals surface area contributed by atoms with E-state index in [0.717, 1.165) is 16.7 Å². The monoisotopic (exact) mass is 225 g/mol. The Labute approximate surface area is 81.5 Å². The van der Waals surface area contributed by atoms with Crippen molar-refractivity contribution in [2.45, 2.75) is 19.2 Å². The molecule has 7 heteroatoms. The number of hydrogen-bond acceptors (Lipinski definition) is 4. The van der Waals surface area contributed by atoms with Gasteiger partial charge in [-0.1, -0.05) is 0 Å². The fourth-order valence-electron chi connectivity index (χ4n) is 0.746. The molecule has 0 bridgehead atoms. The van der Waals surface area contributed by atoms with E-state index in [2.05, 4.69) is 9.72 Å². The zero-order chi connectivity index (χ0) is 10.8. The number of ether oxygens (including phenoxy) is 1. The molecule has 1 atom stereocenters. The fraction of sp³-hybridized carbons (Fsp3) is 0.429. The lowest BCUT2D eigenvalue weighted by atomic mass is 10.4. The molecule has 78 valence electrons. The maximum Gasteiger partial charge on any atom is 0.434 e. The molecular weight excluding hydrogens is 219 g/mol. The van der Waals surface area contributed by atoms with Crippen LogP contribution < -0.4 is 0 Å². The second-order valence-corrected chi connectivity index (χ2v) is 3.33. The van der Waals surface area contributed by atoms with Crippen molar-refractivity contribution in [2.24, 2.45) is 0 Å². The van der Waals surface area contributed by atoms with Gasteiger partial charge in [0.2, 0.25) is 0 Å². The van der Waals surface area contributed by atoms with Crippen LogP contribution in [-0.4, -0.2) is 11.5 Å². The molecule has 0 aliphatic heterocycles. The number of alkyl halides is 3. The molecule has 1 rings (SSSR count). The minimum atomic E-state index is -4.45. The first-order valence-electron chi connectivity index (χ1n) is 3.57. The molecule has 0 amide bonds. The molecule has 1 unspecified atom stereocenters. The Morgan fingerprint density at radius 1 is 1.64 bits per heavy atom. The van der Waals surface area contributed by atoms with Gasteiger partial charge in [0, 0.05) is 5.38 Å². The summed E-state index contributed by atoms with van der Waals surface area (Å²) in [6.45, 7) is 1.63. The van der Waals surface area contributed by atoms with Crippen molar-refractivity contribution in [3.63, 3.8) is 0 Å². The summed E-state index contributed by atoms with van der Waals surface area (Å²) in [5.74, 6) is 0. The van der Waals surface area contributed by atoms with E-state index < -0.39 is 18.0 Å². The maximum atomic E-state index is 12.1. The van der Waals surface area contributed by atoms with Gasteiger partial charge in [-0.25, -0.2) is 4.98 Å². The normalized spacial score (nSPS) is 13.7. The molecule has 0 saturated heterocycles. The summed E-state index contributed by atoms with van der Waals surface area (Å²) in [5.41, 5.74) is -0.959. The number of rotatable bonds is 3. The first-order valence-corrected chi connectivity index (χ1v) is 4.45. The van der Waals surface area contributed by atoms with Crippen molar-refractivity contribution in [1.29, 1.82) is 0 Å². The van der Waals surface area contributed by atoms with Crippen LogP contribution in [0.15, 0.2) is 5.38 Å². The number of thiazole rings is 1. The number of aromatic nitrogens is 1. The third-order valence-electron chi connectivity index (χ3n) is 1.42. The van der Waals surface area contributed by atoms with Gasteiger partial charge in [-0.05, 0) is 6.92 Å². The van der Waals surface area contributed by atoms with Gasteiger partial charge < -0.3 is 4.74 Å². The second kappa shape index (κ2) is 3.95. The molecule has 3 nitrogen and oxygen atoms in total. The molecule has 0 radical (unpaired) electrons. The van der Waals surface area contributed by atoms with E-state index in [4.69, 9.17) is 0 Å². The smallest absolute Gasteiger partial charge is 0.434 e. The molecule has 0 fully saturated rings. The van der Waals surface area contributed by atoms with Crippen LogP contribution in [0, 0.1) is 0 Å². The van der Waals surface area contributed by atoms with Crippen molar-refractivity contribution in [1.82, 2.24) is 4.98 Å². The third kappa shape index (κ3) is 2.44. The predicted molar refractivity (Wildman–Crippen MR) is 42.7 cm³/mol. The SMILES string of the molecule is CC(OC=O)c1nc(C(F)(F)F)cs1. The molecule has 0 spiro atoms. The third-order valence-corrected chi connectivity index (χ3v) is 2.43. The van der Waals surface area contributed by atoms with Crippen molar-refractivity contribution in [2.75, 3.05) is 0 Å². The number of carbonyl (C=O) groups excluding carboxylic acids is 1. The molecule has 1 aromatic heterocycles. The largest absolute Gasteiger partial charge is 0.457 e. The van der Waals surface area contributed by atoms with Gasteiger partial charge in [-0.2, -0.15) is 13.2 Å². The van der Waals surface area contributed by atoms with E-state index >= 15 is 0 Å². The van der Waals surface area contributed by atoms with Crippen molar-refractivity contribution in [3.05, 3.63) is 16.1 Å². The van der Waals surface area contributed by atoms with Gasteiger partial charge in [-0.15, -0.1) is 11.3 Å². The Balaban J connectivity index is 2.82. The van der Waals surface area contributed by atoms with Crippen LogP contribution in [0.5, 0.6) is 0 Å². The zero-order valence-electron chi connectivity index (χ0n) is 7.04. The summed E-state index contributed by atoms with van der Waals surface area (Å²) in [4.78, 5) is 13.2. The van der Waals surface area contributed by atoms with Gasteiger partial charge in [0.25, 0.3) is 6.47 Å². The molecule has 0 N–H and O–H groups in total. The molecule has 0 saturated carbocycles. The van der Waals surface area contributed by atoms with Crippen LogP contribution >= 0.6 is 11.3 Å². The van der Waals surface area contributed by atoms with Crippen LogP contribution in [0.3, 0.4) is 0 Å². The lowest BCUT2D eigenvalue weighted by Gasteiger charge is -2.04. The minimum Gasteiger partial charge on any atom is -0.457 e. The van der Waals surface area contributed by atoms with Crippen LogP contribution in [0.25, 0.3) is 0 Å².